The average Bonchev–Trinajstić information content (AvgIpc) is 3.04. The molecule has 1 aliphatic heterocycles. The fourth-order valence-corrected chi connectivity index (χ4v) is 3.00. The van der Waals surface area contributed by atoms with Crippen LogP contribution in [0.4, 0.5) is 0 Å². The van der Waals surface area contributed by atoms with E-state index in [-0.39, 0.29) is 12.1 Å². The highest BCUT2D eigenvalue weighted by Crippen LogP contribution is 2.40. The van der Waals surface area contributed by atoms with Gasteiger partial charge in [-0.2, -0.15) is 0 Å². The number of nitrogens with zero attached hydrogens (tertiary/aromatic N) is 1. The van der Waals surface area contributed by atoms with Crippen molar-refractivity contribution in [2.45, 2.75) is 37.8 Å². The Bertz CT molecular complexity index is 240. The van der Waals surface area contributed by atoms with Gasteiger partial charge in [0.2, 0.25) is 0 Å². The lowest BCUT2D eigenvalue weighted by Crippen LogP contribution is -2.58. The third-order valence-corrected chi connectivity index (χ3v) is 4.23. The first-order chi connectivity index (χ1) is 8.22. The zero-order valence-electron chi connectivity index (χ0n) is 11.1. The van der Waals surface area contributed by atoms with E-state index in [1.165, 1.54) is 12.8 Å². The Balaban J connectivity index is 1.95. The molecule has 0 aromatic carbocycles. The summed E-state index contributed by atoms with van der Waals surface area (Å²) in [5.74, 6) is 0.650. The first kappa shape index (κ1) is 13.3. The van der Waals surface area contributed by atoms with E-state index in [0.717, 1.165) is 32.7 Å². The Morgan fingerprint density at radius 2 is 2.18 bits per heavy atom. The average molecular weight is 242 g/mol. The minimum Gasteiger partial charge on any atom is -0.394 e. The summed E-state index contributed by atoms with van der Waals surface area (Å²) in [6.07, 6.45) is 3.62. The Labute approximate surface area is 104 Å². The highest BCUT2D eigenvalue weighted by Gasteiger charge is 2.45. The molecule has 2 aliphatic rings. The Morgan fingerprint density at radius 1 is 1.41 bits per heavy atom. The minimum atomic E-state index is -0.0912. The summed E-state index contributed by atoms with van der Waals surface area (Å²) in [5.41, 5.74) is -0.0912. The molecular formula is C13H26N2O2. The van der Waals surface area contributed by atoms with Crippen LogP contribution in [-0.2, 0) is 4.74 Å². The SMILES string of the molecule is CCNC(CO)(CN(C)C1CCOC1)C1CC1. The van der Waals surface area contributed by atoms with E-state index >= 15 is 0 Å². The lowest BCUT2D eigenvalue weighted by molar-refractivity contribution is 0.0791. The normalized spacial score (nSPS) is 28.6. The first-order valence-electron chi connectivity index (χ1n) is 6.85. The summed E-state index contributed by atoms with van der Waals surface area (Å²) in [6, 6.07) is 0.526. The van der Waals surface area contributed by atoms with Crippen LogP contribution in [0.15, 0.2) is 0 Å². The van der Waals surface area contributed by atoms with Crippen LogP contribution in [-0.4, -0.2) is 61.5 Å². The molecule has 4 heteroatoms. The van der Waals surface area contributed by atoms with Gasteiger partial charge in [-0.15, -0.1) is 0 Å². The van der Waals surface area contributed by atoms with Crippen LogP contribution in [0.1, 0.15) is 26.2 Å². The molecule has 2 atom stereocenters. The van der Waals surface area contributed by atoms with Crippen LogP contribution in [0.5, 0.6) is 0 Å². The van der Waals surface area contributed by atoms with Gasteiger partial charge >= 0.3 is 0 Å². The van der Waals surface area contributed by atoms with Gasteiger partial charge in [0.25, 0.3) is 0 Å². The summed E-state index contributed by atoms with van der Waals surface area (Å²) in [5, 5.41) is 13.3. The highest BCUT2D eigenvalue weighted by atomic mass is 16.5. The van der Waals surface area contributed by atoms with E-state index in [1.807, 2.05) is 0 Å². The van der Waals surface area contributed by atoms with Crippen LogP contribution in [0.2, 0.25) is 0 Å². The molecule has 0 bridgehead atoms. The van der Waals surface area contributed by atoms with Crippen molar-refractivity contribution in [3.63, 3.8) is 0 Å². The van der Waals surface area contributed by atoms with Crippen molar-refractivity contribution in [3.8, 4) is 0 Å². The van der Waals surface area contributed by atoms with Gasteiger partial charge in [-0.1, -0.05) is 6.92 Å². The van der Waals surface area contributed by atoms with Crippen LogP contribution in [0, 0.1) is 5.92 Å². The van der Waals surface area contributed by atoms with Gasteiger partial charge in [-0.05, 0) is 38.8 Å². The summed E-state index contributed by atoms with van der Waals surface area (Å²) >= 11 is 0. The largest absolute Gasteiger partial charge is 0.394 e. The van der Waals surface area contributed by atoms with Crippen molar-refractivity contribution < 1.29 is 9.84 Å². The fourth-order valence-electron chi connectivity index (χ4n) is 3.00. The van der Waals surface area contributed by atoms with E-state index in [2.05, 4.69) is 24.2 Å². The summed E-state index contributed by atoms with van der Waals surface area (Å²) in [6.45, 7) is 5.93. The van der Waals surface area contributed by atoms with E-state index in [9.17, 15) is 5.11 Å². The summed E-state index contributed by atoms with van der Waals surface area (Å²) in [7, 11) is 2.16. The number of aliphatic hydroxyl groups is 1. The Morgan fingerprint density at radius 3 is 2.65 bits per heavy atom. The smallest absolute Gasteiger partial charge is 0.0628 e. The second-order valence-corrected chi connectivity index (χ2v) is 5.55. The lowest BCUT2D eigenvalue weighted by Gasteiger charge is -2.38. The molecule has 0 aromatic rings. The number of hydrogen-bond acceptors (Lipinski definition) is 4. The molecule has 2 unspecified atom stereocenters. The van der Waals surface area contributed by atoms with Gasteiger partial charge in [-0.25, -0.2) is 0 Å². The van der Waals surface area contributed by atoms with Crippen LogP contribution in [0.25, 0.3) is 0 Å². The third kappa shape index (κ3) is 2.99. The monoisotopic (exact) mass is 242 g/mol. The lowest BCUT2D eigenvalue weighted by atomic mass is 9.92. The molecule has 0 radical (unpaired) electrons. The minimum absolute atomic E-state index is 0.0912. The van der Waals surface area contributed by atoms with Crippen molar-refractivity contribution in [1.29, 1.82) is 0 Å². The molecule has 2 N–H and O–H groups in total. The maximum Gasteiger partial charge on any atom is 0.0628 e. The van der Waals surface area contributed by atoms with Crippen molar-refractivity contribution >= 4 is 0 Å². The van der Waals surface area contributed by atoms with Crippen molar-refractivity contribution in [3.05, 3.63) is 0 Å². The predicted octanol–water partition coefficient (Wildman–Crippen LogP) is 0.458. The quantitative estimate of drug-likeness (QED) is 0.681. The van der Waals surface area contributed by atoms with Crippen LogP contribution in [0.3, 0.4) is 0 Å². The number of ether oxygens (including phenoxy) is 1. The molecule has 0 spiro atoms. The molecule has 17 heavy (non-hydrogen) atoms. The van der Waals surface area contributed by atoms with E-state index in [0.29, 0.717) is 12.0 Å². The maximum atomic E-state index is 9.79. The van der Waals surface area contributed by atoms with E-state index in [4.69, 9.17) is 4.74 Å². The maximum absolute atomic E-state index is 9.79. The van der Waals surface area contributed by atoms with Crippen molar-refractivity contribution in [1.82, 2.24) is 10.2 Å². The summed E-state index contributed by atoms with van der Waals surface area (Å²) < 4.78 is 5.44. The number of aliphatic hydroxyl groups excluding tert-OH is 1. The molecule has 0 amide bonds. The number of hydrogen-bond donors (Lipinski definition) is 2. The van der Waals surface area contributed by atoms with Gasteiger partial charge in [0, 0.05) is 19.2 Å². The molecule has 1 aliphatic carbocycles. The molecule has 2 rings (SSSR count). The van der Waals surface area contributed by atoms with E-state index < -0.39 is 0 Å². The highest BCUT2D eigenvalue weighted by molar-refractivity contribution is 5.03. The fraction of sp³-hybridized carbons (Fsp3) is 1.00. The Hall–Kier alpha value is -0.160. The number of nitrogens with one attached hydrogen (secondary N) is 1. The zero-order valence-corrected chi connectivity index (χ0v) is 11.1. The topological polar surface area (TPSA) is 44.7 Å². The molecule has 1 saturated carbocycles. The van der Waals surface area contributed by atoms with Crippen molar-refractivity contribution in [2.24, 2.45) is 5.92 Å². The van der Waals surface area contributed by atoms with Crippen LogP contribution < -0.4 is 5.32 Å². The molecule has 0 aromatic heterocycles. The summed E-state index contributed by atoms with van der Waals surface area (Å²) in [4.78, 5) is 2.37. The second-order valence-electron chi connectivity index (χ2n) is 5.55. The van der Waals surface area contributed by atoms with E-state index in [1.54, 1.807) is 0 Å². The van der Waals surface area contributed by atoms with Crippen molar-refractivity contribution in [2.75, 3.05) is 40.0 Å². The van der Waals surface area contributed by atoms with Gasteiger partial charge < -0.3 is 15.2 Å². The number of likely N-dealkylation sites (N-methyl/N-ethyl adjacent to an activating group) is 2. The zero-order chi connectivity index (χ0) is 12.3. The standard InChI is InChI=1S/C13H26N2O2/c1-3-14-13(10-16,11-4-5-11)9-15(2)12-6-7-17-8-12/h11-12,14,16H,3-10H2,1-2H3. The van der Waals surface area contributed by atoms with Gasteiger partial charge in [-0.3, -0.25) is 4.90 Å². The first-order valence-corrected chi connectivity index (χ1v) is 6.85. The third-order valence-electron chi connectivity index (χ3n) is 4.23. The predicted molar refractivity (Wildman–Crippen MR) is 68.1 cm³/mol. The molecule has 4 nitrogen and oxygen atoms in total. The molecule has 100 valence electrons. The second kappa shape index (κ2) is 5.65. The Kier molecular flexibility index (Phi) is 4.42. The molecule has 1 saturated heterocycles. The van der Waals surface area contributed by atoms with Crippen LogP contribution >= 0.6 is 0 Å². The molecule has 2 fully saturated rings. The van der Waals surface area contributed by atoms with Gasteiger partial charge in [0.15, 0.2) is 0 Å². The van der Waals surface area contributed by atoms with Gasteiger partial charge in [0.1, 0.15) is 0 Å². The number of rotatable bonds is 7. The molecular weight excluding hydrogens is 216 g/mol. The van der Waals surface area contributed by atoms with Gasteiger partial charge in [0.05, 0.1) is 18.8 Å². The molecule has 1 heterocycles.